The van der Waals surface area contributed by atoms with E-state index >= 15 is 0 Å². The first-order chi connectivity index (χ1) is 6.80. The monoisotopic (exact) mass is 246 g/mol. The molecule has 5 heteroatoms. The molecule has 84 valence electrons. The van der Waals surface area contributed by atoms with Crippen molar-refractivity contribution in [1.82, 2.24) is 0 Å². The summed E-state index contributed by atoms with van der Waals surface area (Å²) >= 11 is 4.15. The molecular formula is C10H14O3S2. The van der Waals surface area contributed by atoms with Crippen molar-refractivity contribution in [2.45, 2.75) is 17.9 Å². The summed E-state index contributed by atoms with van der Waals surface area (Å²) in [6.07, 6.45) is 0. The van der Waals surface area contributed by atoms with Crippen LogP contribution in [0.5, 0.6) is 0 Å². The van der Waals surface area contributed by atoms with Gasteiger partial charge in [-0.25, -0.2) is 0 Å². The van der Waals surface area contributed by atoms with Gasteiger partial charge in [0, 0.05) is 0 Å². The van der Waals surface area contributed by atoms with Crippen LogP contribution in [-0.4, -0.2) is 13.0 Å². The molecule has 15 heavy (non-hydrogen) atoms. The molecule has 0 spiro atoms. The van der Waals surface area contributed by atoms with Crippen LogP contribution in [0.1, 0.15) is 19.4 Å². The van der Waals surface area contributed by atoms with Crippen molar-refractivity contribution in [3.8, 4) is 0 Å². The topological polar surface area (TPSA) is 54.4 Å². The van der Waals surface area contributed by atoms with Gasteiger partial charge in [-0.2, -0.15) is 8.42 Å². The molecule has 0 heterocycles. The minimum Gasteiger partial charge on any atom is -0.284 e. The van der Waals surface area contributed by atoms with E-state index in [9.17, 15) is 13.0 Å². The van der Waals surface area contributed by atoms with Gasteiger partial charge in [-0.15, -0.1) is 12.6 Å². The summed E-state index contributed by atoms with van der Waals surface area (Å²) in [5, 5.41) is 0. The van der Waals surface area contributed by atoms with Gasteiger partial charge in [0.05, 0.1) is 0 Å². The molecule has 1 atom stereocenters. The van der Waals surface area contributed by atoms with E-state index in [2.05, 4.69) is 12.6 Å². The molecule has 0 aromatic heterocycles. The molecule has 1 rings (SSSR count). The lowest BCUT2D eigenvalue weighted by atomic mass is 10.0. The van der Waals surface area contributed by atoms with E-state index in [-0.39, 0.29) is 5.92 Å². The number of thiol groups is 1. The Balaban J connectivity index is 3.39. The average molecular weight is 246 g/mol. The molecule has 1 aromatic rings. The van der Waals surface area contributed by atoms with E-state index in [1.54, 1.807) is 44.2 Å². The largest absolute Gasteiger partial charge is 0.284 e. The molecule has 3 nitrogen and oxygen atoms in total. The highest BCUT2D eigenvalue weighted by atomic mass is 32.3. The number of benzene rings is 1. The summed E-state index contributed by atoms with van der Waals surface area (Å²) in [7, 11) is -4.25. The van der Waals surface area contributed by atoms with Gasteiger partial charge >= 0.3 is 0 Å². The van der Waals surface area contributed by atoms with Crippen LogP contribution >= 0.6 is 12.6 Å². The van der Waals surface area contributed by atoms with Crippen LogP contribution in [0.15, 0.2) is 30.3 Å². The fourth-order valence-corrected chi connectivity index (χ4v) is 2.64. The van der Waals surface area contributed by atoms with Crippen LogP contribution in [0, 0.1) is 5.92 Å². The fraction of sp³-hybridized carbons (Fsp3) is 0.400. The molecule has 0 saturated carbocycles. The molecule has 0 bridgehead atoms. The Bertz CT molecular complexity index is 425. The van der Waals surface area contributed by atoms with Gasteiger partial charge in [-0.3, -0.25) is 4.55 Å². The second-order valence-corrected chi connectivity index (χ2v) is 6.29. The summed E-state index contributed by atoms with van der Waals surface area (Å²) in [6.45, 7) is 3.40. The summed E-state index contributed by atoms with van der Waals surface area (Å²) < 4.78 is 30.5. The summed E-state index contributed by atoms with van der Waals surface area (Å²) in [6, 6.07) is 8.49. The molecule has 0 amide bonds. The molecule has 1 N–H and O–H groups in total. The zero-order chi connectivity index (χ0) is 11.7. The standard InChI is InChI=1S/C10H14O3S2/c1-8(2)10(14,15(11,12)13)9-6-4-3-5-7-9/h3-8,14H,1-2H3,(H,11,12,13). The maximum absolute atomic E-state index is 11.4. The van der Waals surface area contributed by atoms with Crippen molar-refractivity contribution in [2.24, 2.45) is 5.92 Å². The Hall–Kier alpha value is -0.520. The smallest absolute Gasteiger partial charge is 0.284 e. The third-order valence-electron chi connectivity index (χ3n) is 2.36. The number of hydrogen-bond acceptors (Lipinski definition) is 3. The van der Waals surface area contributed by atoms with Gasteiger partial charge in [0.2, 0.25) is 0 Å². The minimum absolute atomic E-state index is 0.335. The van der Waals surface area contributed by atoms with Crippen molar-refractivity contribution in [2.75, 3.05) is 0 Å². The Morgan fingerprint density at radius 2 is 1.73 bits per heavy atom. The predicted octanol–water partition coefficient (Wildman–Crippen LogP) is 2.31. The summed E-state index contributed by atoms with van der Waals surface area (Å²) in [5.74, 6) is -0.335. The number of hydrogen-bond donors (Lipinski definition) is 2. The highest BCUT2D eigenvalue weighted by Gasteiger charge is 2.44. The third kappa shape index (κ3) is 2.19. The molecule has 0 fully saturated rings. The SMILES string of the molecule is CC(C)C(S)(c1ccccc1)S(=O)(=O)O. The first kappa shape index (κ1) is 12.5. The van der Waals surface area contributed by atoms with Crippen LogP contribution in [0.3, 0.4) is 0 Å². The zero-order valence-electron chi connectivity index (χ0n) is 8.58. The van der Waals surface area contributed by atoms with Gasteiger partial charge in [0.1, 0.15) is 0 Å². The van der Waals surface area contributed by atoms with Crippen LogP contribution in [0.4, 0.5) is 0 Å². The number of rotatable bonds is 3. The quantitative estimate of drug-likeness (QED) is 0.635. The van der Waals surface area contributed by atoms with Crippen molar-refractivity contribution < 1.29 is 13.0 Å². The second-order valence-electron chi connectivity index (χ2n) is 3.69. The van der Waals surface area contributed by atoms with Crippen molar-refractivity contribution in [3.63, 3.8) is 0 Å². The molecule has 0 saturated heterocycles. The normalized spacial score (nSPS) is 16.3. The van der Waals surface area contributed by atoms with Crippen LogP contribution < -0.4 is 0 Å². The van der Waals surface area contributed by atoms with Crippen molar-refractivity contribution >= 4 is 22.7 Å². The summed E-state index contributed by atoms with van der Waals surface area (Å²) in [5.41, 5.74) is 0.478. The Kier molecular flexibility index (Phi) is 3.48. The maximum Gasteiger partial charge on any atom is 0.284 e. The van der Waals surface area contributed by atoms with Crippen LogP contribution in [-0.2, 0) is 14.2 Å². The van der Waals surface area contributed by atoms with E-state index in [0.29, 0.717) is 5.56 Å². The van der Waals surface area contributed by atoms with Gasteiger partial charge in [-0.05, 0) is 11.5 Å². The summed E-state index contributed by atoms with van der Waals surface area (Å²) in [4.78, 5) is 0. The zero-order valence-corrected chi connectivity index (χ0v) is 10.3. The third-order valence-corrected chi connectivity index (χ3v) is 5.32. The van der Waals surface area contributed by atoms with Crippen LogP contribution in [0.25, 0.3) is 0 Å². The maximum atomic E-state index is 11.4. The lowest BCUT2D eigenvalue weighted by Gasteiger charge is -2.29. The van der Waals surface area contributed by atoms with E-state index in [0.717, 1.165) is 0 Å². The molecule has 1 unspecified atom stereocenters. The Morgan fingerprint density at radius 3 is 2.07 bits per heavy atom. The van der Waals surface area contributed by atoms with Crippen molar-refractivity contribution in [1.29, 1.82) is 0 Å². The van der Waals surface area contributed by atoms with E-state index < -0.39 is 14.2 Å². The highest BCUT2D eigenvalue weighted by molar-refractivity contribution is 8.02. The van der Waals surface area contributed by atoms with E-state index in [4.69, 9.17) is 0 Å². The first-order valence-corrected chi connectivity index (χ1v) is 6.43. The second kappa shape index (κ2) is 4.15. The average Bonchev–Trinajstić information content (AvgIpc) is 2.16. The van der Waals surface area contributed by atoms with E-state index in [1.165, 1.54) is 0 Å². The van der Waals surface area contributed by atoms with Gasteiger partial charge < -0.3 is 0 Å². The molecular weight excluding hydrogens is 232 g/mol. The van der Waals surface area contributed by atoms with Gasteiger partial charge in [0.25, 0.3) is 10.1 Å². The highest BCUT2D eigenvalue weighted by Crippen LogP contribution is 2.40. The van der Waals surface area contributed by atoms with Gasteiger partial charge in [0.15, 0.2) is 4.08 Å². The van der Waals surface area contributed by atoms with Crippen LogP contribution in [0.2, 0.25) is 0 Å². The molecule has 0 aliphatic rings. The molecule has 1 aromatic carbocycles. The predicted molar refractivity (Wildman–Crippen MR) is 63.5 cm³/mol. The Morgan fingerprint density at radius 1 is 1.27 bits per heavy atom. The fourth-order valence-electron chi connectivity index (χ4n) is 1.46. The Labute approximate surface area is 95.7 Å². The van der Waals surface area contributed by atoms with Gasteiger partial charge in [-0.1, -0.05) is 44.2 Å². The van der Waals surface area contributed by atoms with E-state index in [1.807, 2.05) is 0 Å². The molecule has 0 aliphatic heterocycles. The van der Waals surface area contributed by atoms with Crippen molar-refractivity contribution in [3.05, 3.63) is 35.9 Å². The molecule has 0 aliphatic carbocycles. The minimum atomic E-state index is -4.25. The molecule has 0 radical (unpaired) electrons. The first-order valence-electron chi connectivity index (χ1n) is 4.55. The lowest BCUT2D eigenvalue weighted by molar-refractivity contribution is 0.432. The lowest BCUT2D eigenvalue weighted by Crippen LogP contribution is -2.35.